The molecular formula is C14H19FO2. The highest BCUT2D eigenvalue weighted by molar-refractivity contribution is 5.57. The molecule has 0 aromatic rings. The van der Waals surface area contributed by atoms with Crippen LogP contribution in [-0.2, 0) is 9.53 Å². The molecular weight excluding hydrogens is 219 g/mol. The number of fused-ring (bicyclic) bond motifs is 1. The molecule has 0 aliphatic heterocycles. The third kappa shape index (κ3) is 3.18. The lowest BCUT2D eigenvalue weighted by atomic mass is 9.73. The van der Waals surface area contributed by atoms with Crippen molar-refractivity contribution in [2.45, 2.75) is 25.7 Å². The number of carbonyl (C=O) groups excluding carboxylic acids is 1. The quantitative estimate of drug-likeness (QED) is 0.418. The lowest BCUT2D eigenvalue weighted by Gasteiger charge is -2.33. The van der Waals surface area contributed by atoms with E-state index in [9.17, 15) is 9.18 Å². The van der Waals surface area contributed by atoms with Crippen molar-refractivity contribution in [2.75, 3.05) is 13.3 Å². The Morgan fingerprint density at radius 3 is 3.12 bits per heavy atom. The smallest absolute Gasteiger partial charge is 0.126 e. The van der Waals surface area contributed by atoms with Crippen LogP contribution in [-0.4, -0.2) is 19.6 Å². The van der Waals surface area contributed by atoms with Gasteiger partial charge in [-0.15, -0.1) is 0 Å². The van der Waals surface area contributed by atoms with Crippen LogP contribution in [0.4, 0.5) is 4.39 Å². The summed E-state index contributed by atoms with van der Waals surface area (Å²) >= 11 is 0. The van der Waals surface area contributed by atoms with Gasteiger partial charge in [-0.05, 0) is 30.8 Å². The first-order chi connectivity index (χ1) is 8.33. The molecule has 0 saturated carbocycles. The zero-order valence-electron chi connectivity index (χ0n) is 9.98. The Morgan fingerprint density at radius 2 is 2.35 bits per heavy atom. The predicted octanol–water partition coefficient (Wildman–Crippen LogP) is 3.05. The number of alkyl halides is 1. The van der Waals surface area contributed by atoms with Crippen molar-refractivity contribution in [3.05, 3.63) is 24.0 Å². The Morgan fingerprint density at radius 1 is 1.47 bits per heavy atom. The van der Waals surface area contributed by atoms with Gasteiger partial charge in [-0.2, -0.15) is 0 Å². The summed E-state index contributed by atoms with van der Waals surface area (Å²) < 4.78 is 17.5. The van der Waals surface area contributed by atoms with E-state index in [-0.39, 0.29) is 12.6 Å². The highest BCUT2D eigenvalue weighted by Gasteiger charge is 2.29. The molecule has 2 aliphatic rings. The fourth-order valence-corrected chi connectivity index (χ4v) is 2.63. The number of halogens is 1. The molecule has 0 fully saturated rings. The van der Waals surface area contributed by atoms with Crippen molar-refractivity contribution in [1.29, 1.82) is 0 Å². The minimum absolute atomic E-state index is 0.0960. The summed E-state index contributed by atoms with van der Waals surface area (Å²) in [6.45, 7) is 0.153. The van der Waals surface area contributed by atoms with Crippen LogP contribution in [0.2, 0.25) is 0 Å². The summed E-state index contributed by atoms with van der Waals surface area (Å²) in [6, 6.07) is 0. The number of hydrogen-bond acceptors (Lipinski definition) is 2. The second-order valence-electron chi connectivity index (χ2n) is 4.85. The Balaban J connectivity index is 1.87. The van der Waals surface area contributed by atoms with Crippen LogP contribution in [0, 0.1) is 17.8 Å². The van der Waals surface area contributed by atoms with Crippen molar-refractivity contribution >= 4 is 6.29 Å². The molecule has 0 aromatic heterocycles. The summed E-state index contributed by atoms with van der Waals surface area (Å²) in [7, 11) is 0. The Bertz CT molecular complexity index is 322. The minimum atomic E-state index is -0.319. The minimum Gasteiger partial charge on any atom is -0.498 e. The van der Waals surface area contributed by atoms with E-state index >= 15 is 0 Å². The van der Waals surface area contributed by atoms with Crippen molar-refractivity contribution in [3.63, 3.8) is 0 Å². The first-order valence-electron chi connectivity index (χ1n) is 6.35. The van der Waals surface area contributed by atoms with Gasteiger partial charge in [0.25, 0.3) is 0 Å². The molecule has 0 saturated heterocycles. The van der Waals surface area contributed by atoms with Gasteiger partial charge in [-0.25, -0.2) is 0 Å². The van der Waals surface area contributed by atoms with Crippen LogP contribution in [0.1, 0.15) is 25.7 Å². The van der Waals surface area contributed by atoms with Gasteiger partial charge < -0.3 is 9.53 Å². The molecule has 0 aromatic carbocycles. The summed E-state index contributed by atoms with van der Waals surface area (Å²) in [5.41, 5.74) is 0. The molecule has 0 bridgehead atoms. The zero-order valence-corrected chi connectivity index (χ0v) is 9.98. The molecule has 2 nitrogen and oxygen atoms in total. The van der Waals surface area contributed by atoms with Crippen LogP contribution in [0.3, 0.4) is 0 Å². The Kier molecular flexibility index (Phi) is 4.35. The molecule has 0 heterocycles. The van der Waals surface area contributed by atoms with Gasteiger partial charge in [-0.3, -0.25) is 4.39 Å². The second-order valence-corrected chi connectivity index (χ2v) is 4.85. The lowest BCUT2D eigenvalue weighted by Crippen LogP contribution is -2.24. The first kappa shape index (κ1) is 12.3. The number of rotatable bonds is 5. The van der Waals surface area contributed by atoms with Crippen LogP contribution in [0.25, 0.3) is 0 Å². The van der Waals surface area contributed by atoms with Crippen LogP contribution in [0.15, 0.2) is 24.0 Å². The van der Waals surface area contributed by atoms with E-state index < -0.39 is 0 Å². The normalized spacial score (nSPS) is 31.6. The highest BCUT2D eigenvalue weighted by Crippen LogP contribution is 2.38. The van der Waals surface area contributed by atoms with Crippen molar-refractivity contribution < 1.29 is 13.9 Å². The molecule has 2 aliphatic carbocycles. The Hall–Kier alpha value is -1.12. The van der Waals surface area contributed by atoms with Crippen molar-refractivity contribution in [1.82, 2.24) is 0 Å². The monoisotopic (exact) mass is 238 g/mol. The average molecular weight is 238 g/mol. The summed E-state index contributed by atoms with van der Waals surface area (Å²) in [6.07, 6.45) is 10.6. The summed E-state index contributed by atoms with van der Waals surface area (Å²) in [5.74, 6) is 2.16. The maximum atomic E-state index is 12.0. The third-order valence-electron chi connectivity index (χ3n) is 3.61. The van der Waals surface area contributed by atoms with Gasteiger partial charge >= 0.3 is 0 Å². The molecule has 17 heavy (non-hydrogen) atoms. The number of allylic oxidation sites excluding steroid dienone is 4. The molecule has 94 valence electrons. The first-order valence-corrected chi connectivity index (χ1v) is 6.35. The van der Waals surface area contributed by atoms with Gasteiger partial charge in [-0.1, -0.05) is 12.2 Å². The highest BCUT2D eigenvalue weighted by atomic mass is 19.1. The van der Waals surface area contributed by atoms with Crippen LogP contribution < -0.4 is 0 Å². The summed E-state index contributed by atoms with van der Waals surface area (Å²) in [5, 5.41) is 0. The number of ether oxygens (including phenoxy) is 1. The van der Waals surface area contributed by atoms with Crippen LogP contribution in [0.5, 0.6) is 0 Å². The molecule has 2 rings (SSSR count). The third-order valence-corrected chi connectivity index (χ3v) is 3.61. The second kappa shape index (κ2) is 5.99. The zero-order chi connectivity index (χ0) is 12.1. The largest absolute Gasteiger partial charge is 0.498 e. The Labute approximate surface area is 102 Å². The molecule has 3 heteroatoms. The van der Waals surface area contributed by atoms with E-state index in [0.29, 0.717) is 24.9 Å². The van der Waals surface area contributed by atoms with Gasteiger partial charge in [0.2, 0.25) is 0 Å². The van der Waals surface area contributed by atoms with Gasteiger partial charge in [0, 0.05) is 18.8 Å². The predicted molar refractivity (Wildman–Crippen MR) is 64.2 cm³/mol. The number of aldehydes is 1. The fraction of sp³-hybridized carbons (Fsp3) is 0.643. The van der Waals surface area contributed by atoms with Crippen LogP contribution >= 0.6 is 0 Å². The molecule has 1 unspecified atom stereocenters. The molecule has 3 atom stereocenters. The topological polar surface area (TPSA) is 26.3 Å². The van der Waals surface area contributed by atoms with Gasteiger partial charge in [0.05, 0.1) is 19.0 Å². The van der Waals surface area contributed by atoms with Gasteiger partial charge in [0.1, 0.15) is 6.29 Å². The van der Waals surface area contributed by atoms with Crippen molar-refractivity contribution in [3.8, 4) is 0 Å². The van der Waals surface area contributed by atoms with E-state index in [4.69, 9.17) is 4.74 Å². The molecule has 0 N–H and O–H groups in total. The number of hydrogen-bond donors (Lipinski definition) is 0. The SMILES string of the molecule is O=C[C@H]1C=CC2CC(OCCCF)=CC[C@H]2C1. The van der Waals surface area contributed by atoms with E-state index in [1.54, 1.807) is 0 Å². The average Bonchev–Trinajstić information content (AvgIpc) is 2.38. The summed E-state index contributed by atoms with van der Waals surface area (Å²) in [4.78, 5) is 10.7. The van der Waals surface area contributed by atoms with E-state index in [1.165, 1.54) is 0 Å². The molecule has 0 radical (unpaired) electrons. The van der Waals surface area contributed by atoms with E-state index in [2.05, 4.69) is 12.2 Å². The fourth-order valence-electron chi connectivity index (χ4n) is 2.63. The number of carbonyl (C=O) groups is 1. The maximum Gasteiger partial charge on any atom is 0.126 e. The molecule has 0 amide bonds. The lowest BCUT2D eigenvalue weighted by molar-refractivity contribution is -0.110. The van der Waals surface area contributed by atoms with Gasteiger partial charge in [0.15, 0.2) is 0 Å². The van der Waals surface area contributed by atoms with Crippen molar-refractivity contribution in [2.24, 2.45) is 17.8 Å². The standard InChI is InChI=1S/C14H19FO2/c15-6-1-7-17-14-5-4-12-8-11(10-16)2-3-13(12)9-14/h2-3,5,10-13H,1,4,6-9H2/t11-,12-,13?/m0/s1. The maximum absolute atomic E-state index is 12.0. The van der Waals surface area contributed by atoms with E-state index in [0.717, 1.165) is 31.3 Å². The molecule has 0 spiro atoms. The van der Waals surface area contributed by atoms with E-state index in [1.807, 2.05) is 6.08 Å².